The monoisotopic (exact) mass is 437 g/mol. The molecule has 3 heterocycles. The van der Waals surface area contributed by atoms with Crippen molar-refractivity contribution in [3.05, 3.63) is 65.4 Å². The molecule has 1 aliphatic rings. The van der Waals surface area contributed by atoms with Crippen LogP contribution in [0.3, 0.4) is 0 Å². The predicted octanol–water partition coefficient (Wildman–Crippen LogP) is 4.01. The van der Waals surface area contributed by atoms with Gasteiger partial charge in [0.1, 0.15) is 10.8 Å². The number of pyridine rings is 1. The normalized spacial score (nSPS) is 15.4. The molecule has 1 amide bonds. The molecule has 0 unspecified atom stereocenters. The number of hydrogen-bond donors (Lipinski definition) is 1. The van der Waals surface area contributed by atoms with Gasteiger partial charge in [-0.3, -0.25) is 9.78 Å². The number of amides is 1. The second kappa shape index (κ2) is 10.0. The van der Waals surface area contributed by atoms with Gasteiger partial charge >= 0.3 is 0 Å². The van der Waals surface area contributed by atoms with Crippen molar-refractivity contribution < 1.29 is 14.3 Å². The number of nitrogens with one attached hydrogen (secondary N) is 1. The Balaban J connectivity index is 1.40. The fraction of sp³-hybridized carbons (Fsp3) is 0.375. The first kappa shape index (κ1) is 21.5. The van der Waals surface area contributed by atoms with E-state index in [2.05, 4.69) is 27.4 Å². The molecule has 7 heteroatoms. The highest BCUT2D eigenvalue weighted by Gasteiger charge is 2.35. The van der Waals surface area contributed by atoms with Gasteiger partial charge in [-0.05, 0) is 49.6 Å². The minimum atomic E-state index is -0.123. The van der Waals surface area contributed by atoms with Crippen molar-refractivity contribution in [3.8, 4) is 16.3 Å². The van der Waals surface area contributed by atoms with Crippen molar-refractivity contribution in [3.63, 3.8) is 0 Å². The van der Waals surface area contributed by atoms with Gasteiger partial charge in [0.15, 0.2) is 0 Å². The highest BCUT2D eigenvalue weighted by Crippen LogP contribution is 2.35. The number of carbonyl (C=O) groups excluding carboxylic acids is 1. The summed E-state index contributed by atoms with van der Waals surface area (Å²) in [5.41, 5.74) is 2.84. The summed E-state index contributed by atoms with van der Waals surface area (Å²) in [5, 5.41) is 5.98. The molecule has 31 heavy (non-hydrogen) atoms. The van der Waals surface area contributed by atoms with E-state index in [1.54, 1.807) is 12.4 Å². The van der Waals surface area contributed by atoms with Gasteiger partial charge in [0.25, 0.3) is 0 Å². The maximum absolute atomic E-state index is 12.7. The summed E-state index contributed by atoms with van der Waals surface area (Å²) in [4.78, 5) is 21.4. The van der Waals surface area contributed by atoms with Crippen LogP contribution in [0.15, 0.2) is 54.2 Å². The molecule has 0 bridgehead atoms. The lowest BCUT2D eigenvalue weighted by Crippen LogP contribution is -2.45. The Morgan fingerprint density at radius 1 is 1.23 bits per heavy atom. The molecule has 2 aromatic heterocycles. The van der Waals surface area contributed by atoms with Gasteiger partial charge in [-0.25, -0.2) is 4.98 Å². The largest absolute Gasteiger partial charge is 0.494 e. The summed E-state index contributed by atoms with van der Waals surface area (Å²) in [5.74, 6) is 0.852. The number of thiazole rings is 1. The second-order valence-corrected chi connectivity index (χ2v) is 8.55. The molecule has 3 aromatic rings. The molecular formula is C24H27N3O3S. The minimum absolute atomic E-state index is 0.0140. The number of ether oxygens (including phenoxy) is 2. The summed E-state index contributed by atoms with van der Waals surface area (Å²) >= 11 is 1.53. The lowest BCUT2D eigenvalue weighted by molar-refractivity contribution is -0.121. The average Bonchev–Trinajstić information content (AvgIpc) is 3.28. The Hall–Kier alpha value is -2.77. The maximum Gasteiger partial charge on any atom is 0.226 e. The van der Waals surface area contributed by atoms with Crippen molar-refractivity contribution in [1.82, 2.24) is 15.3 Å². The Labute approximate surface area is 186 Å². The van der Waals surface area contributed by atoms with Crippen LogP contribution in [0, 0.1) is 0 Å². The molecule has 0 saturated carbocycles. The topological polar surface area (TPSA) is 73.3 Å². The molecule has 6 nitrogen and oxygen atoms in total. The van der Waals surface area contributed by atoms with Gasteiger partial charge in [-0.1, -0.05) is 12.1 Å². The zero-order valence-corrected chi connectivity index (χ0v) is 18.5. The molecule has 1 saturated heterocycles. The maximum atomic E-state index is 12.7. The Bertz CT molecular complexity index is 983. The van der Waals surface area contributed by atoms with Crippen molar-refractivity contribution >= 4 is 17.2 Å². The Morgan fingerprint density at radius 2 is 2.03 bits per heavy atom. The van der Waals surface area contributed by atoms with Gasteiger partial charge in [0, 0.05) is 48.5 Å². The van der Waals surface area contributed by atoms with Crippen molar-refractivity contribution in [1.29, 1.82) is 0 Å². The van der Waals surface area contributed by atoms with Crippen LogP contribution in [0.4, 0.5) is 0 Å². The van der Waals surface area contributed by atoms with Crippen LogP contribution in [0.2, 0.25) is 0 Å². The third kappa shape index (κ3) is 5.29. The lowest BCUT2D eigenvalue weighted by atomic mass is 9.74. The number of carbonyl (C=O) groups is 1. The first-order chi connectivity index (χ1) is 15.2. The van der Waals surface area contributed by atoms with Crippen molar-refractivity contribution in [2.75, 3.05) is 26.4 Å². The SMILES string of the molecule is CCOc1ccc(C2(CNC(=O)Cc3csc(-c4cccnc4)n3)CCOCC2)cc1. The Kier molecular flexibility index (Phi) is 6.94. The lowest BCUT2D eigenvalue weighted by Gasteiger charge is -2.38. The minimum Gasteiger partial charge on any atom is -0.494 e. The van der Waals surface area contributed by atoms with Crippen LogP contribution >= 0.6 is 11.3 Å². The summed E-state index contributed by atoms with van der Waals surface area (Å²) in [6.45, 7) is 4.61. The van der Waals surface area contributed by atoms with Crippen LogP contribution in [0.1, 0.15) is 31.0 Å². The standard InChI is InChI=1S/C24H27N3O3S/c1-2-30-21-7-5-19(6-8-21)24(9-12-29-13-10-24)17-26-22(28)14-20-16-31-23(27-20)18-4-3-11-25-15-18/h3-8,11,15-16H,2,9-10,12-14,17H2,1H3,(H,26,28). The molecular weight excluding hydrogens is 410 g/mol. The second-order valence-electron chi connectivity index (χ2n) is 7.69. The van der Waals surface area contributed by atoms with E-state index in [-0.39, 0.29) is 17.7 Å². The Morgan fingerprint density at radius 3 is 2.74 bits per heavy atom. The zero-order chi connectivity index (χ0) is 21.5. The van der Waals surface area contributed by atoms with E-state index in [4.69, 9.17) is 9.47 Å². The first-order valence-electron chi connectivity index (χ1n) is 10.6. The quantitative estimate of drug-likeness (QED) is 0.576. The number of rotatable bonds is 8. The van der Waals surface area contributed by atoms with Gasteiger partial charge in [-0.15, -0.1) is 11.3 Å². The van der Waals surface area contributed by atoms with Gasteiger partial charge in [-0.2, -0.15) is 0 Å². The first-order valence-corrected chi connectivity index (χ1v) is 11.5. The van der Waals surface area contributed by atoms with Crippen LogP contribution in [-0.2, 0) is 21.4 Å². The van der Waals surface area contributed by atoms with E-state index >= 15 is 0 Å². The van der Waals surface area contributed by atoms with Gasteiger partial charge in [0.05, 0.1) is 18.7 Å². The molecule has 1 aliphatic heterocycles. The fourth-order valence-electron chi connectivity index (χ4n) is 3.91. The van der Waals surface area contributed by atoms with E-state index in [0.29, 0.717) is 26.4 Å². The average molecular weight is 438 g/mol. The van der Waals surface area contributed by atoms with Crippen LogP contribution < -0.4 is 10.1 Å². The van der Waals surface area contributed by atoms with E-state index < -0.39 is 0 Å². The zero-order valence-electron chi connectivity index (χ0n) is 17.7. The van der Waals surface area contributed by atoms with E-state index in [1.165, 1.54) is 16.9 Å². The van der Waals surface area contributed by atoms with E-state index in [9.17, 15) is 4.79 Å². The molecule has 1 N–H and O–H groups in total. The third-order valence-corrected chi connectivity index (χ3v) is 6.59. The number of hydrogen-bond acceptors (Lipinski definition) is 6. The van der Waals surface area contributed by atoms with E-state index in [0.717, 1.165) is 34.9 Å². The number of nitrogens with zero attached hydrogens (tertiary/aromatic N) is 2. The predicted molar refractivity (Wildman–Crippen MR) is 121 cm³/mol. The number of benzene rings is 1. The van der Waals surface area contributed by atoms with Gasteiger partial charge < -0.3 is 14.8 Å². The summed E-state index contributed by atoms with van der Waals surface area (Å²) in [6.07, 6.45) is 5.55. The molecule has 0 aliphatic carbocycles. The number of aromatic nitrogens is 2. The molecule has 0 radical (unpaired) electrons. The highest BCUT2D eigenvalue weighted by molar-refractivity contribution is 7.13. The molecule has 0 spiro atoms. The van der Waals surface area contributed by atoms with Crippen LogP contribution in [0.25, 0.3) is 10.6 Å². The molecule has 1 aromatic carbocycles. The molecule has 162 valence electrons. The molecule has 1 fully saturated rings. The summed E-state index contributed by atoms with van der Waals surface area (Å²) in [7, 11) is 0. The van der Waals surface area contributed by atoms with Crippen LogP contribution in [0.5, 0.6) is 5.75 Å². The van der Waals surface area contributed by atoms with Crippen molar-refractivity contribution in [2.45, 2.75) is 31.6 Å². The highest BCUT2D eigenvalue weighted by atomic mass is 32.1. The smallest absolute Gasteiger partial charge is 0.226 e. The fourth-order valence-corrected chi connectivity index (χ4v) is 4.72. The molecule has 0 atom stereocenters. The van der Waals surface area contributed by atoms with E-state index in [1.807, 2.05) is 36.6 Å². The summed E-state index contributed by atoms with van der Waals surface area (Å²) in [6, 6.07) is 12.1. The third-order valence-electron chi connectivity index (χ3n) is 5.65. The summed E-state index contributed by atoms with van der Waals surface area (Å²) < 4.78 is 11.2. The van der Waals surface area contributed by atoms with Crippen molar-refractivity contribution in [2.24, 2.45) is 0 Å². The van der Waals surface area contributed by atoms with Gasteiger partial charge in [0.2, 0.25) is 5.91 Å². The molecule has 4 rings (SSSR count). The van der Waals surface area contributed by atoms with Crippen LogP contribution in [-0.4, -0.2) is 42.2 Å².